The van der Waals surface area contributed by atoms with E-state index < -0.39 is 0 Å². The van der Waals surface area contributed by atoms with Crippen LogP contribution in [0, 0.1) is 12.7 Å². The predicted molar refractivity (Wildman–Crippen MR) is 144 cm³/mol. The second kappa shape index (κ2) is 12.6. The summed E-state index contributed by atoms with van der Waals surface area (Å²) in [4.78, 5) is 13.6. The van der Waals surface area contributed by atoms with Crippen LogP contribution in [0.5, 0.6) is 0 Å². The van der Waals surface area contributed by atoms with E-state index in [4.69, 9.17) is 0 Å². The lowest BCUT2D eigenvalue weighted by Gasteiger charge is -2.41. The van der Waals surface area contributed by atoms with E-state index in [1.807, 2.05) is 31.3 Å². The minimum absolute atomic E-state index is 0.0625. The number of aryl methyl sites for hydroxylation is 1. The molecule has 2 N–H and O–H groups in total. The summed E-state index contributed by atoms with van der Waals surface area (Å²) in [5.74, 6) is 1.13. The van der Waals surface area contributed by atoms with Crippen LogP contribution >= 0.6 is 0 Å². The molecular weight excluding hydrogens is 439 g/mol. The lowest BCUT2D eigenvalue weighted by molar-refractivity contribution is 0.147. The van der Waals surface area contributed by atoms with E-state index in [1.54, 1.807) is 6.07 Å². The molecule has 35 heavy (non-hydrogen) atoms. The Morgan fingerprint density at radius 2 is 1.57 bits per heavy atom. The molecule has 0 atom stereocenters. The summed E-state index contributed by atoms with van der Waals surface area (Å²) in [6.45, 7) is 17.5. The first-order chi connectivity index (χ1) is 16.6. The van der Waals surface area contributed by atoms with Crippen LogP contribution in [0.25, 0.3) is 0 Å². The molecule has 2 aliphatic rings. The summed E-state index contributed by atoms with van der Waals surface area (Å²) in [5.41, 5.74) is 0.777. The molecule has 0 saturated carbocycles. The molecule has 0 amide bonds. The monoisotopic (exact) mass is 484 g/mol. The maximum absolute atomic E-state index is 13.8. The molecule has 2 aliphatic heterocycles. The highest BCUT2D eigenvalue weighted by atomic mass is 19.1. The third-order valence-electron chi connectivity index (χ3n) is 7.31. The van der Waals surface area contributed by atoms with Crippen molar-refractivity contribution in [2.75, 3.05) is 36.8 Å². The Morgan fingerprint density at radius 3 is 2.14 bits per heavy atom. The van der Waals surface area contributed by atoms with Crippen LogP contribution in [0.4, 0.5) is 16.0 Å². The van der Waals surface area contributed by atoms with Gasteiger partial charge in [0.15, 0.2) is 11.6 Å². The zero-order chi connectivity index (χ0) is 25.4. The van der Waals surface area contributed by atoms with Gasteiger partial charge in [-0.3, -0.25) is 0 Å². The number of piperidine rings is 2. The number of likely N-dealkylation sites (tertiary alicyclic amines) is 2. The van der Waals surface area contributed by atoms with Gasteiger partial charge in [0, 0.05) is 61.7 Å². The van der Waals surface area contributed by atoms with Crippen molar-refractivity contribution in [3.63, 3.8) is 0 Å². The maximum Gasteiger partial charge on any atom is 0.165 e. The second-order valence-electron chi connectivity index (χ2n) is 10.9. The number of nitrogens with one attached hydrogen (secondary N) is 2. The molecule has 0 bridgehead atoms. The molecule has 2 fully saturated rings. The van der Waals surface area contributed by atoms with Gasteiger partial charge < -0.3 is 20.4 Å². The minimum atomic E-state index is -0.266. The molecule has 194 valence electrons. The summed E-state index contributed by atoms with van der Waals surface area (Å²) in [5, 5.41) is 6.82. The Bertz CT molecular complexity index is 888. The van der Waals surface area contributed by atoms with E-state index in [2.05, 4.69) is 65.0 Å². The maximum atomic E-state index is 13.8. The van der Waals surface area contributed by atoms with Gasteiger partial charge in [0.05, 0.1) is 0 Å². The van der Waals surface area contributed by atoms with Crippen molar-refractivity contribution in [3.8, 4) is 0 Å². The Hall–Kier alpha value is -2.25. The van der Waals surface area contributed by atoms with Crippen molar-refractivity contribution in [3.05, 3.63) is 48.0 Å². The van der Waals surface area contributed by atoms with E-state index in [0.717, 1.165) is 37.4 Å². The van der Waals surface area contributed by atoms with E-state index in [0.29, 0.717) is 23.9 Å². The molecule has 4 rings (SSSR count). The fourth-order valence-corrected chi connectivity index (χ4v) is 4.79. The first-order valence-corrected chi connectivity index (χ1v) is 13.2. The molecule has 2 saturated heterocycles. The molecule has 0 aliphatic carbocycles. The van der Waals surface area contributed by atoms with Gasteiger partial charge in [-0.2, -0.15) is 0 Å². The fourth-order valence-electron chi connectivity index (χ4n) is 4.79. The highest BCUT2D eigenvalue weighted by Gasteiger charge is 2.31. The van der Waals surface area contributed by atoms with Crippen LogP contribution < -0.4 is 10.6 Å². The number of anilines is 2. The highest BCUT2D eigenvalue weighted by molar-refractivity contribution is 5.40. The second-order valence-corrected chi connectivity index (χ2v) is 10.9. The third-order valence-corrected chi connectivity index (χ3v) is 7.31. The van der Waals surface area contributed by atoms with Gasteiger partial charge in [0.1, 0.15) is 5.82 Å². The lowest BCUT2D eigenvalue weighted by Crippen LogP contribution is -2.49. The molecule has 0 unspecified atom stereocenters. The SMILES string of the molecule is CC(C)N1CCC(Nc2ccccn2)CC1.Cc1ccc(F)c(NC2(C)CCN(C(C)C)CC2)n1. The molecular formula is C28H45FN6. The molecule has 7 heteroatoms. The van der Waals surface area contributed by atoms with Crippen LogP contribution in [0.3, 0.4) is 0 Å². The Balaban J connectivity index is 0.000000198. The largest absolute Gasteiger partial charge is 0.367 e. The number of aromatic nitrogens is 2. The smallest absolute Gasteiger partial charge is 0.165 e. The molecule has 6 nitrogen and oxygen atoms in total. The molecule has 0 radical (unpaired) electrons. The van der Waals surface area contributed by atoms with E-state index in [9.17, 15) is 4.39 Å². The minimum Gasteiger partial charge on any atom is -0.367 e. The molecule has 0 spiro atoms. The van der Waals surface area contributed by atoms with E-state index in [-0.39, 0.29) is 11.4 Å². The van der Waals surface area contributed by atoms with Gasteiger partial charge >= 0.3 is 0 Å². The Morgan fingerprint density at radius 1 is 0.943 bits per heavy atom. The summed E-state index contributed by atoms with van der Waals surface area (Å²) in [6.07, 6.45) is 6.30. The quantitative estimate of drug-likeness (QED) is 0.559. The van der Waals surface area contributed by atoms with Crippen molar-refractivity contribution in [1.29, 1.82) is 0 Å². The summed E-state index contributed by atoms with van der Waals surface area (Å²) >= 11 is 0. The molecule has 4 heterocycles. The number of hydrogen-bond donors (Lipinski definition) is 2. The van der Waals surface area contributed by atoms with Gasteiger partial charge in [0.2, 0.25) is 0 Å². The summed E-state index contributed by atoms with van der Waals surface area (Å²) in [6, 6.07) is 11.0. The van der Waals surface area contributed by atoms with Gasteiger partial charge in [0.25, 0.3) is 0 Å². The van der Waals surface area contributed by atoms with Crippen molar-refractivity contribution < 1.29 is 4.39 Å². The zero-order valence-electron chi connectivity index (χ0n) is 22.5. The normalized spacial score (nSPS) is 19.3. The first kappa shape index (κ1) is 27.3. The molecule has 2 aromatic heterocycles. The zero-order valence-corrected chi connectivity index (χ0v) is 22.5. The van der Waals surface area contributed by atoms with Crippen LogP contribution in [0.15, 0.2) is 36.5 Å². The number of halogens is 1. The van der Waals surface area contributed by atoms with Crippen LogP contribution in [-0.4, -0.2) is 69.6 Å². The van der Waals surface area contributed by atoms with E-state index >= 15 is 0 Å². The number of rotatable bonds is 6. The van der Waals surface area contributed by atoms with E-state index in [1.165, 1.54) is 32.0 Å². The van der Waals surface area contributed by atoms with Crippen molar-refractivity contribution in [2.45, 2.75) is 90.9 Å². The summed E-state index contributed by atoms with van der Waals surface area (Å²) in [7, 11) is 0. The Kier molecular flexibility index (Phi) is 9.87. The third kappa shape index (κ3) is 8.43. The highest BCUT2D eigenvalue weighted by Crippen LogP contribution is 2.28. The van der Waals surface area contributed by atoms with Gasteiger partial charge in [-0.1, -0.05) is 6.07 Å². The predicted octanol–water partition coefficient (Wildman–Crippen LogP) is 5.57. The lowest BCUT2D eigenvalue weighted by atomic mass is 9.89. The average Bonchev–Trinajstić information content (AvgIpc) is 2.83. The van der Waals surface area contributed by atoms with Gasteiger partial charge in [-0.05, 0) is 91.5 Å². The first-order valence-electron chi connectivity index (χ1n) is 13.2. The van der Waals surface area contributed by atoms with Crippen LogP contribution in [0.1, 0.15) is 66.0 Å². The number of pyridine rings is 2. The van der Waals surface area contributed by atoms with Gasteiger partial charge in [-0.15, -0.1) is 0 Å². The van der Waals surface area contributed by atoms with Crippen LogP contribution in [0.2, 0.25) is 0 Å². The fraction of sp³-hybridized carbons (Fsp3) is 0.643. The number of nitrogens with zero attached hydrogens (tertiary/aromatic N) is 4. The van der Waals surface area contributed by atoms with Crippen molar-refractivity contribution in [1.82, 2.24) is 19.8 Å². The van der Waals surface area contributed by atoms with Crippen molar-refractivity contribution >= 4 is 11.6 Å². The average molecular weight is 485 g/mol. The molecule has 0 aromatic carbocycles. The van der Waals surface area contributed by atoms with Crippen molar-refractivity contribution in [2.24, 2.45) is 0 Å². The molecule has 2 aromatic rings. The number of hydrogen-bond acceptors (Lipinski definition) is 6. The van der Waals surface area contributed by atoms with Crippen LogP contribution in [-0.2, 0) is 0 Å². The standard InChI is InChI=1S/C15H24FN3.C13H21N3/c1-11(2)19-9-7-15(4,8-10-19)18-14-13(16)6-5-12(3)17-14;1-11(2)16-9-6-12(7-10-16)15-13-5-3-4-8-14-13/h5-6,11H,7-10H2,1-4H3,(H,17,18);3-5,8,11-12H,6-7,9-10H2,1-2H3,(H,14,15). The summed E-state index contributed by atoms with van der Waals surface area (Å²) < 4.78 is 13.8. The van der Waals surface area contributed by atoms with Gasteiger partial charge in [-0.25, -0.2) is 14.4 Å². The Labute approximate surface area is 211 Å². The topological polar surface area (TPSA) is 56.3 Å².